The summed E-state index contributed by atoms with van der Waals surface area (Å²) in [6.45, 7) is 9.36. The lowest BCUT2D eigenvalue weighted by Crippen LogP contribution is -2.51. The minimum absolute atomic E-state index is 0.269. The fourth-order valence-corrected chi connectivity index (χ4v) is 6.60. The van der Waals surface area contributed by atoms with Crippen LogP contribution in [0.1, 0.15) is 54.0 Å². The molecule has 0 bridgehead atoms. The third-order valence-electron chi connectivity index (χ3n) is 8.10. The molecule has 2 aromatic carbocycles. The number of benzene rings is 2. The van der Waals surface area contributed by atoms with E-state index in [0.717, 1.165) is 77.6 Å². The molecule has 9 heteroatoms. The first-order valence-corrected chi connectivity index (χ1v) is 14.0. The van der Waals surface area contributed by atoms with Crippen molar-refractivity contribution in [1.29, 1.82) is 0 Å². The first-order chi connectivity index (χ1) is 18.0. The van der Waals surface area contributed by atoms with Gasteiger partial charge in [-0.1, -0.05) is 23.9 Å². The number of rotatable bonds is 6. The molecular formula is C29H34N2O6S. The third-order valence-corrected chi connectivity index (χ3v) is 9.08. The van der Waals surface area contributed by atoms with Crippen molar-refractivity contribution in [2.24, 2.45) is 0 Å². The van der Waals surface area contributed by atoms with Crippen molar-refractivity contribution in [1.82, 2.24) is 10.2 Å². The van der Waals surface area contributed by atoms with Gasteiger partial charge in [-0.3, -0.25) is 19.8 Å². The van der Waals surface area contributed by atoms with Crippen molar-refractivity contribution in [3.63, 3.8) is 0 Å². The average molecular weight is 539 g/mol. The van der Waals surface area contributed by atoms with E-state index in [1.165, 1.54) is 0 Å². The van der Waals surface area contributed by atoms with E-state index in [9.17, 15) is 19.5 Å². The van der Waals surface area contributed by atoms with Gasteiger partial charge >= 0.3 is 5.97 Å². The van der Waals surface area contributed by atoms with E-state index >= 15 is 0 Å². The van der Waals surface area contributed by atoms with Crippen LogP contribution in [0, 0.1) is 20.8 Å². The minimum Gasteiger partial charge on any atom is -0.507 e. The van der Waals surface area contributed by atoms with Crippen molar-refractivity contribution >= 4 is 28.9 Å². The van der Waals surface area contributed by atoms with E-state index in [0.29, 0.717) is 24.5 Å². The molecule has 0 aliphatic carbocycles. The van der Waals surface area contributed by atoms with Crippen molar-refractivity contribution in [2.45, 2.75) is 76.7 Å². The van der Waals surface area contributed by atoms with Crippen molar-refractivity contribution in [3.05, 3.63) is 52.1 Å². The number of phenols is 1. The zero-order valence-corrected chi connectivity index (χ0v) is 23.1. The maximum atomic E-state index is 13.2. The summed E-state index contributed by atoms with van der Waals surface area (Å²) in [7, 11) is 0. The minimum atomic E-state index is -0.454. The lowest BCUT2D eigenvalue weighted by Gasteiger charge is -2.41. The standard InChI is InChI=1S/C29H34N2O6S/c1-16-17(2)25-21(18(3)24(16)32)11-12-29(4,37-25)15-31-13-5-6-22(31)27(34)36-20-9-7-19(8-10-20)14-23-26(33)30-28(35)38-23/h7-10,22-23,32H,5-6,11-15H2,1-4H3,(H,30,33,35)/t22-,23?,29-/m0/s1. The van der Waals surface area contributed by atoms with Gasteiger partial charge < -0.3 is 14.6 Å². The quantitative estimate of drug-likeness (QED) is 0.413. The number of carbonyl (C=O) groups excluding carboxylic acids is 3. The molecule has 0 radical (unpaired) electrons. The van der Waals surface area contributed by atoms with Gasteiger partial charge in [0.2, 0.25) is 5.91 Å². The Morgan fingerprint density at radius 2 is 1.92 bits per heavy atom. The SMILES string of the molecule is Cc1c(C)c2c(c(C)c1O)CC[C@@](C)(CN1CCC[C@H]1C(=O)Oc1ccc(CC3SC(=O)NC3=O)cc1)O2. The highest BCUT2D eigenvalue weighted by Crippen LogP contribution is 2.43. The van der Waals surface area contributed by atoms with Crippen LogP contribution in [-0.2, 0) is 22.4 Å². The number of esters is 1. The first-order valence-electron chi connectivity index (χ1n) is 13.1. The normalized spacial score (nSPS) is 25.2. The van der Waals surface area contributed by atoms with Crippen LogP contribution in [0.4, 0.5) is 4.79 Å². The molecule has 2 saturated heterocycles. The number of amides is 2. The average Bonchev–Trinajstić information content (AvgIpc) is 3.47. The molecule has 3 heterocycles. The third kappa shape index (κ3) is 5.14. The van der Waals surface area contributed by atoms with E-state index in [-0.39, 0.29) is 23.2 Å². The second-order valence-corrected chi connectivity index (χ2v) is 12.0. The van der Waals surface area contributed by atoms with E-state index in [4.69, 9.17) is 9.47 Å². The molecule has 2 fully saturated rings. The zero-order valence-electron chi connectivity index (χ0n) is 22.3. The summed E-state index contributed by atoms with van der Waals surface area (Å²) < 4.78 is 12.3. The smallest absolute Gasteiger partial charge is 0.328 e. The summed E-state index contributed by atoms with van der Waals surface area (Å²) in [5.74, 6) is 1.12. The number of imide groups is 1. The Kier molecular flexibility index (Phi) is 7.17. The Bertz CT molecular complexity index is 1290. The van der Waals surface area contributed by atoms with Crippen molar-refractivity contribution < 1.29 is 29.0 Å². The molecular weight excluding hydrogens is 504 g/mol. The molecule has 2 aromatic rings. The summed E-state index contributed by atoms with van der Waals surface area (Å²) in [5.41, 5.74) is 4.21. The summed E-state index contributed by atoms with van der Waals surface area (Å²) in [4.78, 5) is 38.5. The van der Waals surface area contributed by atoms with Crippen molar-refractivity contribution in [3.8, 4) is 17.2 Å². The van der Waals surface area contributed by atoms with Gasteiger partial charge in [0.1, 0.15) is 28.9 Å². The van der Waals surface area contributed by atoms with E-state index in [2.05, 4.69) is 17.1 Å². The molecule has 38 heavy (non-hydrogen) atoms. The first kappa shape index (κ1) is 26.6. The molecule has 3 atom stereocenters. The summed E-state index contributed by atoms with van der Waals surface area (Å²) in [6, 6.07) is 6.77. The molecule has 3 aliphatic rings. The van der Waals surface area contributed by atoms with E-state index in [1.807, 2.05) is 32.9 Å². The number of likely N-dealkylation sites (tertiary alicyclic amines) is 1. The second-order valence-electron chi connectivity index (χ2n) is 10.9. The molecule has 2 N–H and O–H groups in total. The van der Waals surface area contributed by atoms with Gasteiger partial charge in [-0.2, -0.15) is 0 Å². The van der Waals surface area contributed by atoms with Gasteiger partial charge in [-0.05, 0) is 101 Å². The van der Waals surface area contributed by atoms with Crippen LogP contribution in [0.5, 0.6) is 17.2 Å². The topological polar surface area (TPSA) is 105 Å². The van der Waals surface area contributed by atoms with Gasteiger partial charge in [-0.25, -0.2) is 4.79 Å². The van der Waals surface area contributed by atoms with Gasteiger partial charge in [0.05, 0.1) is 5.25 Å². The van der Waals surface area contributed by atoms with Crippen LogP contribution >= 0.6 is 11.8 Å². The molecule has 202 valence electrons. The van der Waals surface area contributed by atoms with Gasteiger partial charge in [-0.15, -0.1) is 0 Å². The Morgan fingerprint density at radius 3 is 2.61 bits per heavy atom. The highest BCUT2D eigenvalue weighted by molar-refractivity contribution is 8.15. The maximum absolute atomic E-state index is 13.2. The highest BCUT2D eigenvalue weighted by atomic mass is 32.2. The Hall–Kier alpha value is -3.04. The number of fused-ring (bicyclic) bond motifs is 1. The molecule has 0 spiro atoms. The molecule has 5 rings (SSSR count). The number of nitrogens with zero attached hydrogens (tertiary/aromatic N) is 1. The molecule has 0 saturated carbocycles. The molecule has 2 amide bonds. The molecule has 1 unspecified atom stereocenters. The van der Waals surface area contributed by atoms with Gasteiger partial charge in [0.15, 0.2) is 0 Å². The van der Waals surface area contributed by atoms with E-state index < -0.39 is 10.9 Å². The summed E-state index contributed by atoms with van der Waals surface area (Å²) in [5, 5.41) is 12.0. The molecule has 0 aromatic heterocycles. The number of hydrogen-bond donors (Lipinski definition) is 2. The number of phenolic OH excluding ortho intramolecular Hbond substituents is 1. The predicted octanol–water partition coefficient (Wildman–Crippen LogP) is 4.37. The summed E-state index contributed by atoms with van der Waals surface area (Å²) in [6.07, 6.45) is 3.70. The number of nitrogens with one attached hydrogen (secondary N) is 1. The zero-order chi connectivity index (χ0) is 27.2. The summed E-state index contributed by atoms with van der Waals surface area (Å²) >= 11 is 1.00. The lowest BCUT2D eigenvalue weighted by molar-refractivity contribution is -0.140. The number of ether oxygens (including phenoxy) is 2. The number of aromatic hydroxyl groups is 1. The van der Waals surface area contributed by atoms with Crippen LogP contribution in [-0.4, -0.2) is 57.1 Å². The Morgan fingerprint density at radius 1 is 1.18 bits per heavy atom. The fourth-order valence-electron chi connectivity index (χ4n) is 5.74. The molecule has 8 nitrogen and oxygen atoms in total. The molecule has 3 aliphatic heterocycles. The van der Waals surface area contributed by atoms with Gasteiger partial charge in [0, 0.05) is 12.1 Å². The maximum Gasteiger partial charge on any atom is 0.328 e. The van der Waals surface area contributed by atoms with Crippen LogP contribution in [0.25, 0.3) is 0 Å². The largest absolute Gasteiger partial charge is 0.507 e. The number of hydrogen-bond acceptors (Lipinski definition) is 8. The Balaban J connectivity index is 1.22. The fraction of sp³-hybridized carbons (Fsp3) is 0.483. The monoisotopic (exact) mass is 538 g/mol. The van der Waals surface area contributed by atoms with Crippen LogP contribution in [0.15, 0.2) is 24.3 Å². The van der Waals surface area contributed by atoms with Gasteiger partial charge in [0.25, 0.3) is 5.24 Å². The van der Waals surface area contributed by atoms with Crippen LogP contribution in [0.3, 0.4) is 0 Å². The predicted molar refractivity (Wildman–Crippen MR) is 145 cm³/mol. The number of thioether (sulfide) groups is 1. The highest BCUT2D eigenvalue weighted by Gasteiger charge is 2.41. The lowest BCUT2D eigenvalue weighted by atomic mass is 9.86. The van der Waals surface area contributed by atoms with E-state index in [1.54, 1.807) is 12.1 Å². The Labute approximate surface area is 227 Å². The van der Waals surface area contributed by atoms with Crippen LogP contribution < -0.4 is 14.8 Å². The van der Waals surface area contributed by atoms with Crippen LogP contribution in [0.2, 0.25) is 0 Å². The van der Waals surface area contributed by atoms with Crippen molar-refractivity contribution in [2.75, 3.05) is 13.1 Å². The second kappa shape index (κ2) is 10.3. The number of carbonyl (C=O) groups is 3.